The van der Waals surface area contributed by atoms with E-state index in [1.54, 1.807) is 6.92 Å². The minimum Gasteiger partial charge on any atom is -0.461 e. The van der Waals surface area contributed by atoms with Gasteiger partial charge >= 0.3 is 5.97 Å². The number of fused-ring (bicyclic) bond motifs is 3. The van der Waals surface area contributed by atoms with Crippen molar-refractivity contribution in [2.45, 2.75) is 26.9 Å². The van der Waals surface area contributed by atoms with Crippen molar-refractivity contribution >= 4 is 17.4 Å². The summed E-state index contributed by atoms with van der Waals surface area (Å²) in [5.74, 6) is -0.552. The number of benzene rings is 4. The van der Waals surface area contributed by atoms with Gasteiger partial charge in [0.05, 0.1) is 17.9 Å². The molecular weight excluding hydrogens is 496 g/mol. The number of carbonyl (C=O) groups excluding carboxylic acids is 2. The molecule has 0 amide bonds. The molecule has 1 heterocycles. The van der Waals surface area contributed by atoms with E-state index in [2.05, 4.69) is 40.2 Å². The van der Waals surface area contributed by atoms with Gasteiger partial charge in [-0.3, -0.25) is 4.79 Å². The molecule has 1 aliphatic carbocycles. The molecule has 5 heteroatoms. The zero-order valence-electron chi connectivity index (χ0n) is 22.6. The SMILES string of the molecule is CCOC(=O)c1[nH]c2c(c1-c1ccc(C)cc1)C(=O)c1ccc(N(Cc3ccccc3)Cc3ccccc3)cc1-2. The minimum atomic E-state index is -0.465. The fourth-order valence-electron chi connectivity index (χ4n) is 5.41. The van der Waals surface area contributed by atoms with E-state index in [0.717, 1.165) is 22.4 Å². The van der Waals surface area contributed by atoms with Crippen LogP contribution in [0.1, 0.15) is 50.0 Å². The first kappa shape index (κ1) is 25.4. The Morgan fingerprint density at radius 1 is 0.775 bits per heavy atom. The van der Waals surface area contributed by atoms with Gasteiger partial charge in [-0.2, -0.15) is 0 Å². The van der Waals surface area contributed by atoms with Crippen LogP contribution in [0.5, 0.6) is 0 Å². The van der Waals surface area contributed by atoms with E-state index < -0.39 is 5.97 Å². The molecule has 6 rings (SSSR count). The quantitative estimate of drug-likeness (QED) is 0.208. The fraction of sp³-hybridized carbons (Fsp3) is 0.143. The van der Waals surface area contributed by atoms with Crippen molar-refractivity contribution in [1.29, 1.82) is 0 Å². The smallest absolute Gasteiger partial charge is 0.355 e. The topological polar surface area (TPSA) is 62.4 Å². The van der Waals surface area contributed by atoms with E-state index in [1.165, 1.54) is 11.1 Å². The van der Waals surface area contributed by atoms with E-state index in [-0.39, 0.29) is 12.4 Å². The van der Waals surface area contributed by atoms with E-state index in [1.807, 2.05) is 79.7 Å². The Morgan fingerprint density at radius 3 is 2.00 bits per heavy atom. The Balaban J connectivity index is 1.46. The first-order valence-electron chi connectivity index (χ1n) is 13.6. The van der Waals surface area contributed by atoms with Gasteiger partial charge in [0.1, 0.15) is 5.69 Å². The highest BCUT2D eigenvalue weighted by atomic mass is 16.5. The lowest BCUT2D eigenvalue weighted by atomic mass is 9.97. The van der Waals surface area contributed by atoms with Crippen LogP contribution >= 0.6 is 0 Å². The van der Waals surface area contributed by atoms with Gasteiger partial charge in [-0.15, -0.1) is 0 Å². The molecule has 0 spiro atoms. The number of hydrogen-bond donors (Lipinski definition) is 1. The lowest BCUT2D eigenvalue weighted by molar-refractivity contribution is 0.0521. The van der Waals surface area contributed by atoms with Gasteiger partial charge in [0.25, 0.3) is 0 Å². The maximum absolute atomic E-state index is 13.8. The van der Waals surface area contributed by atoms with Crippen LogP contribution in [-0.4, -0.2) is 23.3 Å². The summed E-state index contributed by atoms with van der Waals surface area (Å²) in [5, 5.41) is 0. The summed E-state index contributed by atoms with van der Waals surface area (Å²) in [6.45, 7) is 5.46. The number of ether oxygens (including phenoxy) is 1. The number of nitrogens with one attached hydrogen (secondary N) is 1. The monoisotopic (exact) mass is 526 g/mol. The van der Waals surface area contributed by atoms with E-state index in [4.69, 9.17) is 4.74 Å². The van der Waals surface area contributed by atoms with Gasteiger partial charge in [0.15, 0.2) is 5.78 Å². The predicted molar refractivity (Wildman–Crippen MR) is 159 cm³/mol. The molecule has 0 saturated carbocycles. The van der Waals surface area contributed by atoms with Crippen molar-refractivity contribution in [3.05, 3.63) is 137 Å². The molecule has 40 heavy (non-hydrogen) atoms. The van der Waals surface area contributed by atoms with E-state index in [9.17, 15) is 9.59 Å². The molecule has 0 bridgehead atoms. The summed E-state index contributed by atoms with van der Waals surface area (Å²) < 4.78 is 5.38. The highest BCUT2D eigenvalue weighted by molar-refractivity contribution is 6.26. The minimum absolute atomic E-state index is 0.0865. The number of anilines is 1. The zero-order chi connectivity index (χ0) is 27.6. The fourth-order valence-corrected chi connectivity index (χ4v) is 5.41. The number of aromatic nitrogens is 1. The third kappa shape index (κ3) is 4.71. The van der Waals surface area contributed by atoms with Gasteiger partial charge in [-0.1, -0.05) is 90.5 Å². The van der Waals surface area contributed by atoms with Crippen LogP contribution in [0.15, 0.2) is 103 Å². The predicted octanol–water partition coefficient (Wildman–Crippen LogP) is 7.59. The van der Waals surface area contributed by atoms with Crippen molar-refractivity contribution in [2.75, 3.05) is 11.5 Å². The van der Waals surface area contributed by atoms with Crippen LogP contribution in [0.25, 0.3) is 22.4 Å². The Morgan fingerprint density at radius 2 is 1.40 bits per heavy atom. The summed E-state index contributed by atoms with van der Waals surface area (Å²) in [7, 11) is 0. The summed E-state index contributed by atoms with van der Waals surface area (Å²) in [6.07, 6.45) is 0. The molecule has 4 aromatic carbocycles. The Kier molecular flexibility index (Phi) is 6.79. The second-order valence-electron chi connectivity index (χ2n) is 10.1. The number of H-pyrrole nitrogens is 1. The third-order valence-corrected chi connectivity index (χ3v) is 7.36. The number of hydrogen-bond acceptors (Lipinski definition) is 4. The molecular formula is C35H30N2O3. The Labute approximate surface area is 234 Å². The third-order valence-electron chi connectivity index (χ3n) is 7.36. The molecule has 0 unspecified atom stereocenters. The van der Waals surface area contributed by atoms with Gasteiger partial charge in [-0.05, 0) is 48.7 Å². The average Bonchev–Trinajstić information content (AvgIpc) is 3.50. The van der Waals surface area contributed by atoms with Crippen molar-refractivity contribution in [1.82, 2.24) is 4.98 Å². The Bertz CT molecular complexity index is 1650. The van der Waals surface area contributed by atoms with E-state index >= 15 is 0 Å². The van der Waals surface area contributed by atoms with Gasteiger partial charge < -0.3 is 14.6 Å². The average molecular weight is 527 g/mol. The van der Waals surface area contributed by atoms with Gasteiger partial charge in [0.2, 0.25) is 0 Å². The number of aryl methyl sites for hydroxylation is 1. The van der Waals surface area contributed by atoms with Crippen molar-refractivity contribution in [3.63, 3.8) is 0 Å². The lowest BCUT2D eigenvalue weighted by Gasteiger charge is -2.26. The number of aromatic amines is 1. The number of nitrogens with zero attached hydrogens (tertiary/aromatic N) is 1. The highest BCUT2D eigenvalue weighted by Crippen LogP contribution is 2.45. The summed E-state index contributed by atoms with van der Waals surface area (Å²) in [5.41, 5.74) is 8.83. The normalized spacial score (nSPS) is 11.7. The first-order valence-corrected chi connectivity index (χ1v) is 13.6. The van der Waals surface area contributed by atoms with Crippen molar-refractivity contribution in [2.24, 2.45) is 0 Å². The standard InChI is InChI=1S/C35H30N2O3/c1-3-40-35(39)33-30(26-16-14-23(2)15-17-26)31-32(36-33)29-20-27(18-19-28(29)34(31)38)37(21-24-10-6-4-7-11-24)22-25-12-8-5-9-13-25/h4-20,36H,3,21-22H2,1-2H3. The molecule has 0 fully saturated rings. The molecule has 5 nitrogen and oxygen atoms in total. The number of esters is 1. The van der Waals surface area contributed by atoms with E-state index in [0.29, 0.717) is 41.2 Å². The molecule has 0 atom stereocenters. The van der Waals surface area contributed by atoms with Crippen LogP contribution in [0.4, 0.5) is 5.69 Å². The summed E-state index contributed by atoms with van der Waals surface area (Å²) in [6, 6.07) is 34.6. The number of ketones is 1. The molecule has 1 aliphatic rings. The molecule has 0 aliphatic heterocycles. The zero-order valence-corrected chi connectivity index (χ0v) is 22.6. The van der Waals surface area contributed by atoms with Crippen LogP contribution in [0, 0.1) is 6.92 Å². The number of carbonyl (C=O) groups is 2. The number of rotatable bonds is 8. The second kappa shape index (κ2) is 10.7. The van der Waals surface area contributed by atoms with Crippen LogP contribution in [-0.2, 0) is 17.8 Å². The van der Waals surface area contributed by atoms with Gasteiger partial charge in [0, 0.05) is 35.5 Å². The molecule has 5 aromatic rings. The van der Waals surface area contributed by atoms with Crippen LogP contribution < -0.4 is 4.90 Å². The van der Waals surface area contributed by atoms with Gasteiger partial charge in [-0.25, -0.2) is 4.79 Å². The van der Waals surface area contributed by atoms with Crippen molar-refractivity contribution < 1.29 is 14.3 Å². The largest absolute Gasteiger partial charge is 0.461 e. The lowest BCUT2D eigenvalue weighted by Crippen LogP contribution is -2.22. The maximum Gasteiger partial charge on any atom is 0.355 e. The van der Waals surface area contributed by atoms with Crippen molar-refractivity contribution in [3.8, 4) is 22.4 Å². The Hall–Kier alpha value is -4.90. The molecule has 198 valence electrons. The molecule has 0 saturated heterocycles. The van der Waals surface area contributed by atoms with Crippen LogP contribution in [0.2, 0.25) is 0 Å². The highest BCUT2D eigenvalue weighted by Gasteiger charge is 2.36. The molecule has 1 N–H and O–H groups in total. The summed E-state index contributed by atoms with van der Waals surface area (Å²) in [4.78, 5) is 32.5. The molecule has 0 radical (unpaired) electrons. The maximum atomic E-state index is 13.8. The molecule has 1 aromatic heterocycles. The summed E-state index contributed by atoms with van der Waals surface area (Å²) >= 11 is 0. The second-order valence-corrected chi connectivity index (χ2v) is 10.1. The first-order chi connectivity index (χ1) is 19.5. The van der Waals surface area contributed by atoms with Crippen LogP contribution in [0.3, 0.4) is 0 Å².